The van der Waals surface area contributed by atoms with Gasteiger partial charge in [0.15, 0.2) is 0 Å². The van der Waals surface area contributed by atoms with Crippen molar-refractivity contribution in [3.8, 4) is 0 Å². The number of hydrogen-bond acceptors (Lipinski definition) is 5. The third-order valence-electron chi connectivity index (χ3n) is 5.49. The zero-order valence-electron chi connectivity index (χ0n) is 17.6. The molecule has 1 N–H and O–H groups in total. The molecular formula is C24H33N3O2. The highest BCUT2D eigenvalue weighted by atomic mass is 16.5. The molecule has 5 heteroatoms. The molecule has 0 aromatic heterocycles. The summed E-state index contributed by atoms with van der Waals surface area (Å²) in [6, 6.07) is 18.0. The Labute approximate surface area is 174 Å². The van der Waals surface area contributed by atoms with Crippen LogP contribution in [0.4, 0.5) is 0 Å². The van der Waals surface area contributed by atoms with Gasteiger partial charge in [-0.25, -0.2) is 4.79 Å². The van der Waals surface area contributed by atoms with E-state index in [1.54, 1.807) is 0 Å². The van der Waals surface area contributed by atoms with Crippen molar-refractivity contribution in [2.75, 3.05) is 46.3 Å². The van der Waals surface area contributed by atoms with Crippen LogP contribution in [0.1, 0.15) is 40.9 Å². The summed E-state index contributed by atoms with van der Waals surface area (Å²) in [6.45, 7) is 8.75. The highest BCUT2D eigenvalue weighted by Crippen LogP contribution is 2.22. The number of piperazine rings is 1. The molecule has 0 saturated carbocycles. The predicted octanol–water partition coefficient (Wildman–Crippen LogP) is 3.33. The number of carbonyl (C=O) groups excluding carboxylic acids is 1. The zero-order valence-corrected chi connectivity index (χ0v) is 17.6. The number of esters is 1. The lowest BCUT2D eigenvalue weighted by Crippen LogP contribution is -2.48. The third kappa shape index (κ3) is 6.39. The molecule has 5 nitrogen and oxygen atoms in total. The second-order valence-electron chi connectivity index (χ2n) is 7.74. The van der Waals surface area contributed by atoms with Crippen LogP contribution in [-0.4, -0.2) is 62.1 Å². The smallest absolute Gasteiger partial charge is 0.338 e. The molecule has 0 amide bonds. The van der Waals surface area contributed by atoms with Gasteiger partial charge in [-0.2, -0.15) is 0 Å². The number of likely N-dealkylation sites (N-methyl/N-ethyl adjacent to an activating group) is 1. The minimum absolute atomic E-state index is 0.277. The molecule has 1 aliphatic heterocycles. The molecule has 1 aliphatic rings. The number of hydrogen-bond donors (Lipinski definition) is 1. The van der Waals surface area contributed by atoms with Crippen molar-refractivity contribution >= 4 is 5.97 Å². The number of carbonyl (C=O) groups is 1. The van der Waals surface area contributed by atoms with Gasteiger partial charge in [-0.3, -0.25) is 4.90 Å². The summed E-state index contributed by atoms with van der Waals surface area (Å²) in [4.78, 5) is 17.3. The first-order valence-corrected chi connectivity index (χ1v) is 10.6. The first kappa shape index (κ1) is 21.5. The van der Waals surface area contributed by atoms with E-state index in [4.69, 9.17) is 4.74 Å². The van der Waals surface area contributed by atoms with E-state index in [1.807, 2.05) is 42.5 Å². The lowest BCUT2D eigenvalue weighted by Gasteiger charge is -2.38. The summed E-state index contributed by atoms with van der Waals surface area (Å²) in [5.41, 5.74) is 2.84. The van der Waals surface area contributed by atoms with Crippen LogP contribution in [0, 0.1) is 0 Å². The fraction of sp³-hybridized carbons (Fsp3) is 0.458. The van der Waals surface area contributed by atoms with Crippen molar-refractivity contribution in [3.05, 3.63) is 71.3 Å². The number of nitrogens with zero attached hydrogens (tertiary/aromatic N) is 2. The first-order valence-electron chi connectivity index (χ1n) is 10.6. The van der Waals surface area contributed by atoms with Crippen molar-refractivity contribution in [1.82, 2.24) is 15.1 Å². The monoisotopic (exact) mass is 395 g/mol. The molecule has 156 valence electrons. The van der Waals surface area contributed by atoms with Gasteiger partial charge in [0.2, 0.25) is 0 Å². The van der Waals surface area contributed by atoms with Crippen LogP contribution >= 0.6 is 0 Å². The summed E-state index contributed by atoms with van der Waals surface area (Å²) in [5.74, 6) is -0.277. The molecule has 1 fully saturated rings. The Hall–Kier alpha value is -2.21. The second kappa shape index (κ2) is 11.1. The normalized spacial score (nSPS) is 16.5. The Balaban J connectivity index is 1.63. The average molecular weight is 396 g/mol. The van der Waals surface area contributed by atoms with Crippen molar-refractivity contribution < 1.29 is 9.53 Å². The van der Waals surface area contributed by atoms with Gasteiger partial charge in [0, 0.05) is 38.8 Å². The second-order valence-corrected chi connectivity index (χ2v) is 7.74. The van der Waals surface area contributed by atoms with Gasteiger partial charge in [-0.05, 0) is 43.3 Å². The van der Waals surface area contributed by atoms with E-state index < -0.39 is 0 Å². The van der Waals surface area contributed by atoms with Gasteiger partial charge >= 0.3 is 5.97 Å². The molecule has 0 radical (unpaired) electrons. The Morgan fingerprint density at radius 3 is 2.38 bits per heavy atom. The topological polar surface area (TPSA) is 44.8 Å². The fourth-order valence-electron chi connectivity index (χ4n) is 3.65. The standard InChI is InChI=1S/C24H33N3O2/c1-3-13-25-18-23(27-16-14-26(2)15-17-27)21-9-11-22(12-10-21)24(28)29-19-20-7-5-4-6-8-20/h4-12,23,25H,3,13-19H2,1-2H3. The molecule has 0 bridgehead atoms. The van der Waals surface area contributed by atoms with Gasteiger partial charge in [0.1, 0.15) is 6.61 Å². The highest BCUT2D eigenvalue weighted by Gasteiger charge is 2.24. The molecule has 2 aromatic rings. The predicted molar refractivity (Wildman–Crippen MR) is 117 cm³/mol. The molecule has 3 rings (SSSR count). The first-order chi connectivity index (χ1) is 14.2. The lowest BCUT2D eigenvalue weighted by molar-refractivity contribution is 0.0472. The van der Waals surface area contributed by atoms with Crippen LogP contribution in [0.3, 0.4) is 0 Å². The minimum atomic E-state index is -0.277. The summed E-state index contributed by atoms with van der Waals surface area (Å²) >= 11 is 0. The zero-order chi connectivity index (χ0) is 20.5. The Kier molecular flexibility index (Phi) is 8.23. The van der Waals surface area contributed by atoms with Gasteiger partial charge in [-0.15, -0.1) is 0 Å². The average Bonchev–Trinajstić information content (AvgIpc) is 2.77. The van der Waals surface area contributed by atoms with E-state index in [9.17, 15) is 4.79 Å². The van der Waals surface area contributed by atoms with E-state index >= 15 is 0 Å². The SMILES string of the molecule is CCCNCC(c1ccc(C(=O)OCc2ccccc2)cc1)N1CCN(C)CC1. The Morgan fingerprint density at radius 2 is 1.72 bits per heavy atom. The number of benzene rings is 2. The molecule has 0 aliphatic carbocycles. The van der Waals surface area contributed by atoms with Crippen LogP contribution in [-0.2, 0) is 11.3 Å². The molecule has 1 heterocycles. The van der Waals surface area contributed by atoms with E-state index in [-0.39, 0.29) is 5.97 Å². The number of rotatable bonds is 9. The molecular weight excluding hydrogens is 362 g/mol. The number of ether oxygens (including phenoxy) is 1. The molecule has 1 unspecified atom stereocenters. The fourth-order valence-corrected chi connectivity index (χ4v) is 3.65. The van der Waals surface area contributed by atoms with Gasteiger partial charge in [0.05, 0.1) is 5.56 Å². The van der Waals surface area contributed by atoms with Crippen LogP contribution in [0.15, 0.2) is 54.6 Å². The Bertz CT molecular complexity index is 740. The summed E-state index contributed by atoms with van der Waals surface area (Å²) in [5, 5.41) is 3.57. The van der Waals surface area contributed by atoms with E-state index in [2.05, 4.69) is 41.2 Å². The summed E-state index contributed by atoms with van der Waals surface area (Å²) in [6.07, 6.45) is 1.13. The summed E-state index contributed by atoms with van der Waals surface area (Å²) < 4.78 is 5.45. The van der Waals surface area contributed by atoms with Crippen molar-refractivity contribution in [2.45, 2.75) is 26.0 Å². The third-order valence-corrected chi connectivity index (χ3v) is 5.49. The van der Waals surface area contributed by atoms with E-state index in [1.165, 1.54) is 5.56 Å². The maximum absolute atomic E-state index is 12.4. The van der Waals surface area contributed by atoms with Crippen LogP contribution in [0.25, 0.3) is 0 Å². The van der Waals surface area contributed by atoms with Crippen molar-refractivity contribution in [2.24, 2.45) is 0 Å². The summed E-state index contributed by atoms with van der Waals surface area (Å²) in [7, 11) is 2.18. The van der Waals surface area contributed by atoms with Crippen molar-refractivity contribution in [1.29, 1.82) is 0 Å². The molecule has 1 saturated heterocycles. The van der Waals surface area contributed by atoms with Gasteiger partial charge < -0.3 is 15.0 Å². The molecule has 2 aromatic carbocycles. The Morgan fingerprint density at radius 1 is 1.03 bits per heavy atom. The quantitative estimate of drug-likeness (QED) is 0.521. The minimum Gasteiger partial charge on any atom is -0.457 e. The van der Waals surface area contributed by atoms with Gasteiger partial charge in [-0.1, -0.05) is 49.4 Å². The molecule has 29 heavy (non-hydrogen) atoms. The number of nitrogens with one attached hydrogen (secondary N) is 1. The van der Waals surface area contributed by atoms with Crippen molar-refractivity contribution in [3.63, 3.8) is 0 Å². The maximum Gasteiger partial charge on any atom is 0.338 e. The lowest BCUT2D eigenvalue weighted by atomic mass is 10.0. The van der Waals surface area contributed by atoms with E-state index in [0.29, 0.717) is 18.2 Å². The molecule has 1 atom stereocenters. The van der Waals surface area contributed by atoms with Crippen LogP contribution in [0.2, 0.25) is 0 Å². The largest absolute Gasteiger partial charge is 0.457 e. The maximum atomic E-state index is 12.4. The van der Waals surface area contributed by atoms with Crippen LogP contribution < -0.4 is 5.32 Å². The van der Waals surface area contributed by atoms with Crippen LogP contribution in [0.5, 0.6) is 0 Å². The molecule has 0 spiro atoms. The van der Waals surface area contributed by atoms with E-state index in [0.717, 1.165) is 51.3 Å². The highest BCUT2D eigenvalue weighted by molar-refractivity contribution is 5.89. The van der Waals surface area contributed by atoms with Gasteiger partial charge in [0.25, 0.3) is 0 Å².